The molecular weight excluding hydrogens is 705 g/mol. The molecule has 0 saturated carbocycles. The van der Waals surface area contributed by atoms with Crippen LogP contribution < -0.4 is 0 Å². The minimum absolute atomic E-state index is 0.242. The van der Waals surface area contributed by atoms with Gasteiger partial charge in [-0.25, -0.2) is 4.98 Å². The van der Waals surface area contributed by atoms with Gasteiger partial charge in [0.15, 0.2) is 0 Å². The van der Waals surface area contributed by atoms with Crippen molar-refractivity contribution >= 4 is 65.2 Å². The highest BCUT2D eigenvalue weighted by molar-refractivity contribution is 6.26. The molecule has 1 aliphatic carbocycles. The van der Waals surface area contributed by atoms with Gasteiger partial charge >= 0.3 is 0 Å². The van der Waals surface area contributed by atoms with Crippen LogP contribution in [0.5, 0.6) is 0 Å². The maximum atomic E-state index is 9.71. The van der Waals surface area contributed by atoms with E-state index in [1.165, 1.54) is 60.5 Å². The highest BCUT2D eigenvalue weighted by Gasteiger charge is 2.36. The van der Waals surface area contributed by atoms with Crippen molar-refractivity contribution in [2.45, 2.75) is 19.3 Å². The Balaban J connectivity index is 1.12. The maximum Gasteiger partial charge on any atom is 0.144 e. The fraction of sp³-hybridized carbons (Fsp3) is 0.0545. The van der Waals surface area contributed by atoms with Crippen molar-refractivity contribution in [2.75, 3.05) is 0 Å². The Morgan fingerprint density at radius 3 is 1.72 bits per heavy atom. The number of rotatable bonds is 3. The smallest absolute Gasteiger partial charge is 0.144 e. The summed E-state index contributed by atoms with van der Waals surface area (Å²) in [6.45, 7) is 4.56. The molecule has 11 aromatic rings. The van der Waals surface area contributed by atoms with Gasteiger partial charge in [0.05, 0.1) is 22.8 Å². The van der Waals surface area contributed by atoms with Crippen molar-refractivity contribution < 1.29 is 4.42 Å². The summed E-state index contributed by atoms with van der Waals surface area (Å²) in [4.78, 5) is 5.46. The van der Waals surface area contributed by atoms with E-state index in [0.29, 0.717) is 5.56 Å². The summed E-state index contributed by atoms with van der Waals surface area (Å²) >= 11 is 0. The van der Waals surface area contributed by atoms with Gasteiger partial charge in [-0.2, -0.15) is 5.26 Å². The molecule has 0 bridgehead atoms. The van der Waals surface area contributed by atoms with Gasteiger partial charge in [-0.3, -0.25) is 0 Å². The topological polar surface area (TPSA) is 49.8 Å². The second kappa shape index (κ2) is 12.0. The van der Waals surface area contributed by atoms with E-state index in [2.05, 4.69) is 178 Å². The first-order chi connectivity index (χ1) is 28.5. The lowest BCUT2D eigenvalue weighted by atomic mass is 9.80. The molecule has 0 radical (unpaired) electrons. The summed E-state index contributed by atoms with van der Waals surface area (Å²) in [6, 6.07) is 63.1. The molecule has 58 heavy (non-hydrogen) atoms. The van der Waals surface area contributed by atoms with Gasteiger partial charge in [0, 0.05) is 37.9 Å². The third kappa shape index (κ3) is 4.52. The third-order valence-electron chi connectivity index (χ3n) is 12.7. The zero-order chi connectivity index (χ0) is 38.7. The Labute approximate surface area is 335 Å². The van der Waals surface area contributed by atoms with E-state index in [1.807, 2.05) is 12.1 Å². The molecule has 270 valence electrons. The Hall–Kier alpha value is -7.54. The minimum atomic E-state index is -0.242. The van der Waals surface area contributed by atoms with Crippen molar-refractivity contribution in [3.63, 3.8) is 0 Å². The summed E-state index contributed by atoms with van der Waals surface area (Å²) in [5.74, 6) is 0. The standard InChI is InChI=1S/C55H34N2O/c1-55(2)46-28-32(31-56)20-23-36(46)37-24-21-34(29-47(37)55)50-39-15-6-8-17-41(39)51(42-18-9-7-16-40(42)50)35-22-25-44-48(30-35)57-53(33-12-4-3-5-13-33)45-27-26-43-38-14-10-11-19-49(38)58-54(43)52(44)45/h3-30H,1-2H3. The molecule has 0 spiro atoms. The molecule has 0 atom stereocenters. The van der Waals surface area contributed by atoms with Crippen LogP contribution in [0, 0.1) is 11.3 Å². The van der Waals surface area contributed by atoms with Crippen molar-refractivity contribution in [3.8, 4) is 50.7 Å². The number of nitrogens with zero attached hydrogens (tertiary/aromatic N) is 2. The highest BCUT2D eigenvalue weighted by Crippen LogP contribution is 2.52. The molecule has 3 heteroatoms. The van der Waals surface area contributed by atoms with Gasteiger partial charge in [-0.15, -0.1) is 0 Å². The summed E-state index contributed by atoms with van der Waals surface area (Å²) < 4.78 is 6.68. The van der Waals surface area contributed by atoms with Crippen LogP contribution in [0.25, 0.3) is 110 Å². The average molecular weight is 739 g/mol. The fourth-order valence-electron chi connectivity index (χ4n) is 9.95. The molecule has 0 fully saturated rings. The third-order valence-corrected chi connectivity index (χ3v) is 12.7. The van der Waals surface area contributed by atoms with Crippen LogP contribution in [0.15, 0.2) is 174 Å². The van der Waals surface area contributed by atoms with Gasteiger partial charge in [-0.1, -0.05) is 147 Å². The van der Waals surface area contributed by atoms with E-state index in [4.69, 9.17) is 9.40 Å². The summed E-state index contributed by atoms with van der Waals surface area (Å²) in [7, 11) is 0. The number of benzene rings is 9. The summed E-state index contributed by atoms with van der Waals surface area (Å²) in [5, 5.41) is 20.0. The number of hydrogen-bond acceptors (Lipinski definition) is 3. The van der Waals surface area contributed by atoms with E-state index in [0.717, 1.165) is 60.4 Å². The second-order valence-electron chi connectivity index (χ2n) is 16.1. The highest BCUT2D eigenvalue weighted by atomic mass is 16.3. The lowest BCUT2D eigenvalue weighted by Crippen LogP contribution is -2.15. The normalized spacial score (nSPS) is 13.1. The van der Waals surface area contributed by atoms with Gasteiger partial charge in [0.1, 0.15) is 11.2 Å². The Bertz CT molecular complexity index is 3550. The Kier molecular flexibility index (Phi) is 6.75. The van der Waals surface area contributed by atoms with Crippen LogP contribution in [0.3, 0.4) is 0 Å². The molecule has 1 aliphatic rings. The van der Waals surface area contributed by atoms with Crippen LogP contribution >= 0.6 is 0 Å². The molecule has 2 heterocycles. The van der Waals surface area contributed by atoms with Crippen molar-refractivity contribution in [1.29, 1.82) is 5.26 Å². The molecule has 3 nitrogen and oxygen atoms in total. The van der Waals surface area contributed by atoms with E-state index in [-0.39, 0.29) is 5.41 Å². The molecule has 12 rings (SSSR count). The Morgan fingerprint density at radius 2 is 1.03 bits per heavy atom. The number of furan rings is 1. The molecular formula is C55H34N2O. The van der Waals surface area contributed by atoms with Crippen LogP contribution in [0.1, 0.15) is 30.5 Å². The lowest BCUT2D eigenvalue weighted by Gasteiger charge is -2.23. The molecule has 0 amide bonds. The fourth-order valence-corrected chi connectivity index (χ4v) is 9.95. The zero-order valence-electron chi connectivity index (χ0n) is 32.0. The molecule has 2 aromatic heterocycles. The Morgan fingerprint density at radius 1 is 0.483 bits per heavy atom. The van der Waals surface area contributed by atoms with Gasteiger partial charge in [0.25, 0.3) is 0 Å². The SMILES string of the molecule is CC1(C)c2cc(C#N)ccc2-c2ccc(-c3c4ccccc4c(-c4ccc5c(c4)nc(-c4ccccc4)c4ccc6c7ccccc7oc6c45)c4ccccc34)cc21. The second-order valence-corrected chi connectivity index (χ2v) is 16.1. The van der Waals surface area contributed by atoms with Gasteiger partial charge < -0.3 is 4.42 Å². The summed E-state index contributed by atoms with van der Waals surface area (Å²) in [6.07, 6.45) is 0. The van der Waals surface area contributed by atoms with E-state index >= 15 is 0 Å². The van der Waals surface area contributed by atoms with Crippen molar-refractivity contribution in [1.82, 2.24) is 4.98 Å². The average Bonchev–Trinajstić information content (AvgIpc) is 3.76. The number of fused-ring (bicyclic) bond motifs is 12. The zero-order valence-corrected chi connectivity index (χ0v) is 32.0. The van der Waals surface area contributed by atoms with Crippen LogP contribution in [0.2, 0.25) is 0 Å². The number of nitriles is 1. The molecule has 0 aliphatic heterocycles. The predicted molar refractivity (Wildman–Crippen MR) is 240 cm³/mol. The van der Waals surface area contributed by atoms with Gasteiger partial charge in [-0.05, 0) is 102 Å². The maximum absolute atomic E-state index is 9.71. The molecule has 9 aromatic carbocycles. The largest absolute Gasteiger partial charge is 0.455 e. The monoisotopic (exact) mass is 738 g/mol. The molecule has 0 N–H and O–H groups in total. The summed E-state index contributed by atoms with van der Waals surface area (Å²) in [5.41, 5.74) is 14.8. The first-order valence-electron chi connectivity index (χ1n) is 19.8. The van der Waals surface area contributed by atoms with Crippen LogP contribution in [0.4, 0.5) is 0 Å². The van der Waals surface area contributed by atoms with Gasteiger partial charge in [0.2, 0.25) is 0 Å². The number of aromatic nitrogens is 1. The van der Waals surface area contributed by atoms with Crippen molar-refractivity contribution in [3.05, 3.63) is 187 Å². The van der Waals surface area contributed by atoms with Crippen LogP contribution in [-0.2, 0) is 5.41 Å². The van der Waals surface area contributed by atoms with E-state index < -0.39 is 0 Å². The minimum Gasteiger partial charge on any atom is -0.455 e. The number of hydrogen-bond donors (Lipinski definition) is 0. The first-order valence-corrected chi connectivity index (χ1v) is 19.8. The molecule has 0 unspecified atom stereocenters. The van der Waals surface area contributed by atoms with E-state index in [9.17, 15) is 5.26 Å². The molecule has 0 saturated heterocycles. The lowest BCUT2D eigenvalue weighted by molar-refractivity contribution is 0.660. The van der Waals surface area contributed by atoms with Crippen molar-refractivity contribution in [2.24, 2.45) is 0 Å². The van der Waals surface area contributed by atoms with E-state index in [1.54, 1.807) is 0 Å². The quantitative estimate of drug-likeness (QED) is 0.134. The number of para-hydroxylation sites is 1. The number of pyridine rings is 1. The first kappa shape index (κ1) is 32.7. The predicted octanol–water partition coefficient (Wildman–Crippen LogP) is 14.8. The van der Waals surface area contributed by atoms with Crippen LogP contribution in [-0.4, -0.2) is 4.98 Å².